The Morgan fingerprint density at radius 3 is 2.29 bits per heavy atom. The molecule has 0 aliphatic carbocycles. The molecular weight excluding hydrogens is 341 g/mol. The zero-order valence-electron chi connectivity index (χ0n) is 14.0. The van der Waals surface area contributed by atoms with Crippen LogP contribution in [-0.2, 0) is 27.7 Å². The number of hydrogen-bond donors (Lipinski definition) is 2. The molecule has 0 aromatic carbocycles. The number of fused-ring (bicyclic) bond motifs is 1. The Hall–Kier alpha value is -1.41. The van der Waals surface area contributed by atoms with Gasteiger partial charge in [-0.2, -0.15) is 0 Å². The highest BCUT2D eigenvalue weighted by Gasteiger charge is 2.61. The van der Waals surface area contributed by atoms with E-state index in [-0.39, 0.29) is 24.7 Å². The molecule has 136 valence electrons. The van der Waals surface area contributed by atoms with Crippen LogP contribution >= 0.6 is 7.82 Å². The molecule has 0 radical (unpaired) electrons. The molecule has 1 fully saturated rings. The smallest absolute Gasteiger partial charge is 0.476 e. The van der Waals surface area contributed by atoms with Gasteiger partial charge in [0.15, 0.2) is 5.70 Å². The van der Waals surface area contributed by atoms with Crippen molar-refractivity contribution in [3.05, 3.63) is 11.5 Å². The van der Waals surface area contributed by atoms with E-state index in [1.54, 1.807) is 20.8 Å². The summed E-state index contributed by atoms with van der Waals surface area (Å²) >= 11 is 0. The van der Waals surface area contributed by atoms with E-state index in [1.807, 2.05) is 0 Å². The highest BCUT2D eigenvalue weighted by molar-refractivity contribution is 7.48. The third-order valence-corrected chi connectivity index (χ3v) is 5.66. The SMILES string of the molecule is CCOP(=O)(OCC)OC1=C(C(=O)O)N2C(=O)[C@H]([C@@H](C)O)[C@H]2[C@H]1C. The van der Waals surface area contributed by atoms with E-state index >= 15 is 0 Å². The van der Waals surface area contributed by atoms with Crippen molar-refractivity contribution in [2.45, 2.75) is 39.8 Å². The van der Waals surface area contributed by atoms with Gasteiger partial charge >= 0.3 is 13.8 Å². The van der Waals surface area contributed by atoms with Gasteiger partial charge in [0, 0.05) is 5.92 Å². The van der Waals surface area contributed by atoms with Crippen molar-refractivity contribution in [3.8, 4) is 0 Å². The molecule has 10 heteroatoms. The second kappa shape index (κ2) is 6.84. The summed E-state index contributed by atoms with van der Waals surface area (Å²) in [5, 5.41) is 19.2. The maximum absolute atomic E-state index is 12.6. The van der Waals surface area contributed by atoms with Gasteiger partial charge in [0.25, 0.3) is 0 Å². The van der Waals surface area contributed by atoms with Crippen LogP contribution in [0.5, 0.6) is 0 Å². The third kappa shape index (κ3) is 2.97. The standard InChI is InChI=1S/C14H22NO8P/c1-5-21-24(20,22-6-2)23-12-7(3)10-9(8(4)16)13(17)15(10)11(12)14(18)19/h7-10,16H,5-6H2,1-4H3,(H,18,19)/t7-,8-,9-,10-/m1/s1. The normalized spacial score (nSPS) is 27.8. The summed E-state index contributed by atoms with van der Waals surface area (Å²) in [6.07, 6.45) is -0.929. The van der Waals surface area contributed by atoms with Crippen molar-refractivity contribution >= 4 is 19.7 Å². The number of aliphatic hydroxyl groups is 1. The number of hydrogen-bond acceptors (Lipinski definition) is 7. The van der Waals surface area contributed by atoms with Gasteiger partial charge in [-0.3, -0.25) is 18.7 Å². The summed E-state index contributed by atoms with van der Waals surface area (Å²) in [4.78, 5) is 24.9. The van der Waals surface area contributed by atoms with E-state index in [0.29, 0.717) is 0 Å². The summed E-state index contributed by atoms with van der Waals surface area (Å²) in [5.74, 6) is -3.30. The lowest BCUT2D eigenvalue weighted by Crippen LogP contribution is -2.63. The Morgan fingerprint density at radius 2 is 1.88 bits per heavy atom. The summed E-state index contributed by atoms with van der Waals surface area (Å²) in [6, 6.07) is -0.560. The van der Waals surface area contributed by atoms with Gasteiger partial charge in [0.2, 0.25) is 5.91 Å². The summed E-state index contributed by atoms with van der Waals surface area (Å²) in [7, 11) is -3.99. The van der Waals surface area contributed by atoms with Crippen LogP contribution in [0.15, 0.2) is 11.5 Å². The van der Waals surface area contributed by atoms with Gasteiger partial charge in [0.1, 0.15) is 5.76 Å². The van der Waals surface area contributed by atoms with E-state index in [9.17, 15) is 24.4 Å². The molecule has 0 unspecified atom stereocenters. The van der Waals surface area contributed by atoms with Crippen LogP contribution < -0.4 is 0 Å². The predicted molar refractivity (Wildman–Crippen MR) is 81.6 cm³/mol. The number of aliphatic hydroxyl groups excluding tert-OH is 1. The fraction of sp³-hybridized carbons (Fsp3) is 0.714. The Bertz CT molecular complexity index is 606. The number of carbonyl (C=O) groups excluding carboxylic acids is 1. The molecule has 0 saturated carbocycles. The molecule has 2 rings (SSSR count). The molecule has 4 atom stereocenters. The van der Waals surface area contributed by atoms with Crippen molar-refractivity contribution in [1.82, 2.24) is 4.90 Å². The third-order valence-electron chi connectivity index (χ3n) is 4.10. The quantitative estimate of drug-likeness (QED) is 0.489. The average molecular weight is 363 g/mol. The fourth-order valence-electron chi connectivity index (χ4n) is 3.17. The number of carboxylic acids is 1. The zero-order chi connectivity index (χ0) is 18.2. The van der Waals surface area contributed by atoms with Gasteiger partial charge < -0.3 is 14.7 Å². The Balaban J connectivity index is 2.39. The summed E-state index contributed by atoms with van der Waals surface area (Å²) < 4.78 is 28.0. The number of carbonyl (C=O) groups is 2. The van der Waals surface area contributed by atoms with Crippen LogP contribution in [-0.4, -0.2) is 52.3 Å². The number of β-lactam (4-membered cyclic amide) rings is 1. The van der Waals surface area contributed by atoms with Crippen LogP contribution in [0.4, 0.5) is 0 Å². The lowest BCUT2D eigenvalue weighted by molar-refractivity contribution is -0.163. The maximum Gasteiger partial charge on any atom is 0.529 e. The minimum Gasteiger partial charge on any atom is -0.476 e. The average Bonchev–Trinajstić information content (AvgIpc) is 2.69. The second-order valence-corrected chi connectivity index (χ2v) is 7.24. The largest absolute Gasteiger partial charge is 0.529 e. The molecule has 2 N–H and O–H groups in total. The second-order valence-electron chi connectivity index (χ2n) is 5.65. The Morgan fingerprint density at radius 1 is 1.33 bits per heavy atom. The van der Waals surface area contributed by atoms with Crippen molar-refractivity contribution < 1.29 is 37.9 Å². The van der Waals surface area contributed by atoms with Crippen molar-refractivity contribution in [3.63, 3.8) is 0 Å². The number of aliphatic carboxylic acids is 1. The van der Waals surface area contributed by atoms with Gasteiger partial charge in [-0.05, 0) is 20.8 Å². The molecule has 1 saturated heterocycles. The minimum absolute atomic E-state index is 0.0454. The van der Waals surface area contributed by atoms with E-state index in [1.165, 1.54) is 6.92 Å². The Kier molecular flexibility index (Phi) is 5.39. The van der Waals surface area contributed by atoms with E-state index in [0.717, 1.165) is 4.90 Å². The highest BCUT2D eigenvalue weighted by Crippen LogP contribution is 2.57. The molecular formula is C14H22NO8P. The first-order valence-corrected chi connectivity index (χ1v) is 9.21. The Labute approximate surface area is 139 Å². The molecule has 2 heterocycles. The lowest BCUT2D eigenvalue weighted by atomic mass is 9.79. The van der Waals surface area contributed by atoms with Crippen LogP contribution in [0.2, 0.25) is 0 Å². The molecule has 0 bridgehead atoms. The number of nitrogens with zero attached hydrogens (tertiary/aromatic N) is 1. The van der Waals surface area contributed by atoms with E-state index < -0.39 is 43.7 Å². The first kappa shape index (κ1) is 18.9. The maximum atomic E-state index is 12.6. The summed E-state index contributed by atoms with van der Waals surface area (Å²) in [6.45, 7) is 6.40. The fourth-order valence-corrected chi connectivity index (χ4v) is 4.47. The van der Waals surface area contributed by atoms with Crippen LogP contribution in [0.3, 0.4) is 0 Å². The summed E-state index contributed by atoms with van der Waals surface area (Å²) in [5.41, 5.74) is -0.381. The predicted octanol–water partition coefficient (Wildman–Crippen LogP) is 1.34. The lowest BCUT2D eigenvalue weighted by Gasteiger charge is -2.45. The number of carboxylic acid groups (broad SMARTS) is 1. The number of rotatable bonds is 8. The minimum atomic E-state index is -3.99. The van der Waals surface area contributed by atoms with Gasteiger partial charge in [-0.15, -0.1) is 0 Å². The van der Waals surface area contributed by atoms with Crippen LogP contribution in [0.1, 0.15) is 27.7 Å². The first-order chi connectivity index (χ1) is 11.2. The molecule has 1 amide bonds. The molecule has 24 heavy (non-hydrogen) atoms. The van der Waals surface area contributed by atoms with Gasteiger partial charge in [0.05, 0.1) is 31.3 Å². The van der Waals surface area contributed by atoms with Gasteiger partial charge in [-0.1, -0.05) is 6.92 Å². The molecule has 0 aromatic rings. The number of phosphoric ester groups is 1. The van der Waals surface area contributed by atoms with Crippen molar-refractivity contribution in [2.75, 3.05) is 13.2 Å². The van der Waals surface area contributed by atoms with Crippen molar-refractivity contribution in [2.24, 2.45) is 11.8 Å². The highest BCUT2D eigenvalue weighted by atomic mass is 31.2. The van der Waals surface area contributed by atoms with E-state index in [2.05, 4.69) is 0 Å². The van der Waals surface area contributed by atoms with Crippen LogP contribution in [0.25, 0.3) is 0 Å². The van der Waals surface area contributed by atoms with Gasteiger partial charge in [-0.25, -0.2) is 9.36 Å². The molecule has 9 nitrogen and oxygen atoms in total. The molecule has 0 spiro atoms. The zero-order valence-corrected chi connectivity index (χ0v) is 14.9. The molecule has 0 aromatic heterocycles. The topological polar surface area (TPSA) is 123 Å². The monoisotopic (exact) mass is 363 g/mol. The number of phosphoric acid groups is 1. The number of amides is 1. The molecule has 2 aliphatic rings. The van der Waals surface area contributed by atoms with Crippen LogP contribution in [0, 0.1) is 11.8 Å². The van der Waals surface area contributed by atoms with E-state index in [4.69, 9.17) is 13.6 Å². The first-order valence-electron chi connectivity index (χ1n) is 7.75. The molecule has 2 aliphatic heterocycles. The van der Waals surface area contributed by atoms with Crippen molar-refractivity contribution in [1.29, 1.82) is 0 Å².